The van der Waals surface area contributed by atoms with Gasteiger partial charge >= 0.3 is 5.97 Å². The lowest BCUT2D eigenvalue weighted by molar-refractivity contribution is -0.141. The summed E-state index contributed by atoms with van der Waals surface area (Å²) in [5.41, 5.74) is 1.21. The Labute approximate surface area is 96.7 Å². The molecule has 86 valence electrons. The molecule has 3 nitrogen and oxygen atoms in total. The average molecular weight is 238 g/mol. The van der Waals surface area contributed by atoms with Gasteiger partial charge in [-0.2, -0.15) is 0 Å². The first-order valence-corrected chi connectivity index (χ1v) is 6.29. The van der Waals surface area contributed by atoms with Gasteiger partial charge in [-0.05, 0) is 24.8 Å². The molecule has 0 amide bonds. The number of carboxylic acid groups (broad SMARTS) is 1. The number of aliphatic carboxylic acids is 1. The quantitative estimate of drug-likeness (QED) is 0.743. The summed E-state index contributed by atoms with van der Waals surface area (Å²) >= 11 is 0. The summed E-state index contributed by atoms with van der Waals surface area (Å²) in [6.07, 6.45) is 2.49. The van der Waals surface area contributed by atoms with E-state index in [1.807, 2.05) is 30.3 Å². The molecule has 0 spiro atoms. The molecule has 0 heterocycles. The van der Waals surface area contributed by atoms with E-state index < -0.39 is 11.9 Å². The van der Waals surface area contributed by atoms with Crippen LogP contribution in [0.1, 0.15) is 18.4 Å². The third-order valence-electron chi connectivity index (χ3n) is 2.51. The van der Waals surface area contributed by atoms with Crippen LogP contribution in [0.3, 0.4) is 0 Å². The molecular weight excluding hydrogens is 223 g/mol. The highest BCUT2D eigenvalue weighted by atomic mass is 31.1. The molecular formula is C12H15O3P. The minimum absolute atomic E-state index is 0.0844. The number of rotatable bonds is 7. The predicted molar refractivity (Wildman–Crippen MR) is 63.0 cm³/mol. The average Bonchev–Trinajstić information content (AvgIpc) is 2.29. The van der Waals surface area contributed by atoms with E-state index in [0.29, 0.717) is 6.42 Å². The van der Waals surface area contributed by atoms with Crippen molar-refractivity contribution in [3.8, 4) is 0 Å². The van der Waals surface area contributed by atoms with Crippen LogP contribution in [0.15, 0.2) is 30.3 Å². The van der Waals surface area contributed by atoms with Crippen molar-refractivity contribution in [1.29, 1.82) is 0 Å². The minimum Gasteiger partial charge on any atom is -0.481 e. The van der Waals surface area contributed by atoms with Gasteiger partial charge in [0.1, 0.15) is 0 Å². The first kappa shape index (κ1) is 12.9. The fourth-order valence-corrected chi connectivity index (χ4v) is 2.10. The number of hydrogen-bond donors (Lipinski definition) is 1. The topological polar surface area (TPSA) is 54.4 Å². The van der Waals surface area contributed by atoms with E-state index in [2.05, 4.69) is 0 Å². The highest BCUT2D eigenvalue weighted by Gasteiger charge is 2.16. The van der Waals surface area contributed by atoms with Crippen LogP contribution in [-0.2, 0) is 15.8 Å². The second kappa shape index (κ2) is 7.13. The minimum atomic E-state index is -0.851. The van der Waals surface area contributed by atoms with E-state index >= 15 is 0 Å². The van der Waals surface area contributed by atoms with Crippen LogP contribution in [0.2, 0.25) is 0 Å². The Bertz CT molecular complexity index is 337. The van der Waals surface area contributed by atoms with Gasteiger partial charge in [-0.3, -0.25) is 9.36 Å². The Morgan fingerprint density at radius 3 is 2.56 bits per heavy atom. The second-order valence-electron chi connectivity index (χ2n) is 3.72. The van der Waals surface area contributed by atoms with Crippen LogP contribution in [0.4, 0.5) is 0 Å². The van der Waals surface area contributed by atoms with E-state index in [4.69, 9.17) is 5.11 Å². The van der Waals surface area contributed by atoms with Crippen LogP contribution < -0.4 is 0 Å². The first-order valence-electron chi connectivity index (χ1n) is 5.30. The molecule has 0 saturated carbocycles. The summed E-state index contributed by atoms with van der Waals surface area (Å²) in [6.45, 7) is 0. The lowest BCUT2D eigenvalue weighted by Crippen LogP contribution is -2.15. The second-order valence-corrected chi connectivity index (χ2v) is 4.35. The van der Waals surface area contributed by atoms with E-state index in [1.165, 1.54) is 5.56 Å². The molecule has 0 saturated heterocycles. The van der Waals surface area contributed by atoms with E-state index in [-0.39, 0.29) is 14.6 Å². The maximum atomic E-state index is 10.8. The van der Waals surface area contributed by atoms with Gasteiger partial charge in [-0.1, -0.05) is 30.3 Å². The van der Waals surface area contributed by atoms with Crippen molar-refractivity contribution in [1.82, 2.24) is 0 Å². The smallest absolute Gasteiger partial charge is 0.307 e. The predicted octanol–water partition coefficient (Wildman–Crippen LogP) is 3.00. The number of carbonyl (C=O) groups is 1. The van der Waals surface area contributed by atoms with E-state index in [0.717, 1.165) is 12.8 Å². The molecule has 1 N–H and O–H groups in total. The first-order chi connectivity index (χ1) is 7.74. The summed E-state index contributed by atoms with van der Waals surface area (Å²) < 4.78 is 10.4. The van der Waals surface area contributed by atoms with Crippen molar-refractivity contribution in [3.05, 3.63) is 35.9 Å². The monoisotopic (exact) mass is 238 g/mol. The van der Waals surface area contributed by atoms with Crippen molar-refractivity contribution >= 4 is 14.4 Å². The maximum Gasteiger partial charge on any atom is 0.307 e. The number of benzene rings is 1. The highest BCUT2D eigenvalue weighted by Crippen LogP contribution is 2.15. The van der Waals surface area contributed by atoms with Gasteiger partial charge in [-0.15, -0.1) is 0 Å². The van der Waals surface area contributed by atoms with Crippen LogP contribution in [0, 0.1) is 5.92 Å². The van der Waals surface area contributed by atoms with Crippen LogP contribution in [-0.4, -0.2) is 17.2 Å². The lowest BCUT2D eigenvalue weighted by Gasteiger charge is -2.07. The lowest BCUT2D eigenvalue weighted by atomic mass is 10.0. The van der Waals surface area contributed by atoms with Gasteiger partial charge in [0.15, 0.2) is 8.46 Å². The molecule has 0 aliphatic carbocycles. The molecule has 1 atom stereocenters. The molecule has 1 aromatic rings. The maximum absolute atomic E-state index is 10.8. The van der Waals surface area contributed by atoms with Crippen molar-refractivity contribution in [2.75, 3.05) is 6.16 Å². The Kier molecular flexibility index (Phi) is 5.73. The van der Waals surface area contributed by atoms with Crippen molar-refractivity contribution in [2.45, 2.75) is 19.3 Å². The van der Waals surface area contributed by atoms with Gasteiger partial charge < -0.3 is 5.11 Å². The summed E-state index contributed by atoms with van der Waals surface area (Å²) in [4.78, 5) is 10.8. The third kappa shape index (κ3) is 4.54. The zero-order valence-corrected chi connectivity index (χ0v) is 9.90. The van der Waals surface area contributed by atoms with Gasteiger partial charge in [0, 0.05) is 6.16 Å². The third-order valence-corrected chi connectivity index (χ3v) is 3.09. The van der Waals surface area contributed by atoms with Crippen LogP contribution in [0.5, 0.6) is 0 Å². The molecule has 0 aromatic heterocycles. The standard InChI is InChI=1S/C12H15O3P/c13-12(14)11(9-16-15)8-4-7-10-5-2-1-3-6-10/h1-3,5-6,11H,4,7-9H2,(H,13,14). The number of carboxylic acids is 1. The largest absolute Gasteiger partial charge is 0.481 e. The molecule has 16 heavy (non-hydrogen) atoms. The molecule has 0 fully saturated rings. The molecule has 1 unspecified atom stereocenters. The Morgan fingerprint density at radius 1 is 1.31 bits per heavy atom. The SMILES string of the molecule is O=PCC(CCCc1ccccc1)C(=O)O. The van der Waals surface area contributed by atoms with Gasteiger partial charge in [-0.25, -0.2) is 0 Å². The summed E-state index contributed by atoms with van der Waals surface area (Å²) in [7, 11) is -0.0844. The molecule has 4 heteroatoms. The zero-order chi connectivity index (χ0) is 11.8. The molecule has 0 aliphatic heterocycles. The van der Waals surface area contributed by atoms with Gasteiger partial charge in [0.2, 0.25) is 0 Å². The fourth-order valence-electron chi connectivity index (χ4n) is 1.58. The zero-order valence-electron chi connectivity index (χ0n) is 9.00. The molecule has 0 bridgehead atoms. The molecule has 1 aromatic carbocycles. The van der Waals surface area contributed by atoms with Gasteiger partial charge in [0.25, 0.3) is 0 Å². The summed E-state index contributed by atoms with van der Waals surface area (Å²) in [5, 5.41) is 8.86. The molecule has 1 rings (SSSR count). The Hall–Kier alpha value is -1.21. The highest BCUT2D eigenvalue weighted by molar-refractivity contribution is 7.23. The number of aryl methyl sites for hydroxylation is 1. The van der Waals surface area contributed by atoms with Crippen LogP contribution >= 0.6 is 8.46 Å². The van der Waals surface area contributed by atoms with Gasteiger partial charge in [0.05, 0.1) is 5.92 Å². The van der Waals surface area contributed by atoms with E-state index in [9.17, 15) is 9.36 Å². The Balaban J connectivity index is 2.33. The molecule has 0 aliphatic rings. The fraction of sp³-hybridized carbons (Fsp3) is 0.417. The van der Waals surface area contributed by atoms with Crippen molar-refractivity contribution in [2.24, 2.45) is 5.92 Å². The van der Waals surface area contributed by atoms with Crippen LogP contribution in [0.25, 0.3) is 0 Å². The Morgan fingerprint density at radius 2 is 2.00 bits per heavy atom. The van der Waals surface area contributed by atoms with E-state index in [1.54, 1.807) is 0 Å². The summed E-state index contributed by atoms with van der Waals surface area (Å²) in [5.74, 6) is -1.33. The summed E-state index contributed by atoms with van der Waals surface area (Å²) in [6, 6.07) is 9.96. The van der Waals surface area contributed by atoms with Crippen molar-refractivity contribution < 1.29 is 14.5 Å². The molecule has 0 radical (unpaired) electrons. The van der Waals surface area contributed by atoms with Crippen molar-refractivity contribution in [3.63, 3.8) is 0 Å². The number of hydrogen-bond acceptors (Lipinski definition) is 2. The normalized spacial score (nSPS) is 12.5.